The number of nitrogens with one attached hydrogen (secondary N) is 1. The average Bonchev–Trinajstić information content (AvgIpc) is 2.44. The molecule has 0 bridgehead atoms. The number of hydrogen-bond acceptors (Lipinski definition) is 2. The number of hydrogen-bond donors (Lipinski definition) is 2. The molecular weight excluding hydrogens is 182 g/mol. The molecule has 0 saturated carbocycles. The van der Waals surface area contributed by atoms with E-state index in [1.54, 1.807) is 0 Å². The molecule has 0 radical (unpaired) electrons. The zero-order valence-electron chi connectivity index (χ0n) is 8.67. The molecule has 0 aromatic rings. The summed E-state index contributed by atoms with van der Waals surface area (Å²) >= 11 is 0. The van der Waals surface area contributed by atoms with Crippen LogP contribution in [0.3, 0.4) is 0 Å². The third-order valence-corrected chi connectivity index (χ3v) is 3.13. The fourth-order valence-electron chi connectivity index (χ4n) is 2.35. The molecule has 14 heavy (non-hydrogen) atoms. The predicted molar refractivity (Wildman–Crippen MR) is 51.8 cm³/mol. The maximum absolute atomic E-state index is 11.2. The predicted octanol–water partition coefficient (Wildman–Crippen LogP) is 1.16. The van der Waals surface area contributed by atoms with E-state index < -0.39 is 12.0 Å². The molecule has 2 atom stereocenters. The lowest BCUT2D eigenvalue weighted by molar-refractivity contribution is -0.142. The molecule has 4 nitrogen and oxygen atoms in total. The Morgan fingerprint density at radius 2 is 2.29 bits per heavy atom. The van der Waals surface area contributed by atoms with Gasteiger partial charge in [0.2, 0.25) is 5.91 Å². The summed E-state index contributed by atoms with van der Waals surface area (Å²) in [5.41, 5.74) is -0.363. The van der Waals surface area contributed by atoms with Gasteiger partial charge in [-0.1, -0.05) is 20.3 Å². The first-order valence-electron chi connectivity index (χ1n) is 5.08. The van der Waals surface area contributed by atoms with Crippen LogP contribution in [-0.2, 0) is 9.59 Å². The van der Waals surface area contributed by atoms with E-state index in [1.807, 2.05) is 13.8 Å². The van der Waals surface area contributed by atoms with Crippen molar-refractivity contribution in [2.45, 2.75) is 45.6 Å². The fraction of sp³-hybridized carbons (Fsp3) is 0.800. The molecule has 1 aliphatic heterocycles. The monoisotopic (exact) mass is 199 g/mol. The van der Waals surface area contributed by atoms with Crippen LogP contribution in [0.15, 0.2) is 0 Å². The van der Waals surface area contributed by atoms with E-state index in [-0.39, 0.29) is 11.3 Å². The lowest BCUT2D eigenvalue weighted by atomic mass is 9.74. The van der Waals surface area contributed by atoms with Gasteiger partial charge in [-0.05, 0) is 12.8 Å². The van der Waals surface area contributed by atoms with Gasteiger partial charge in [0.25, 0.3) is 0 Å². The van der Waals surface area contributed by atoms with Crippen LogP contribution < -0.4 is 5.32 Å². The van der Waals surface area contributed by atoms with E-state index in [4.69, 9.17) is 5.11 Å². The Balaban J connectivity index is 2.90. The van der Waals surface area contributed by atoms with Gasteiger partial charge in [-0.3, -0.25) is 4.79 Å². The average molecular weight is 199 g/mol. The largest absolute Gasteiger partial charge is 0.480 e. The minimum Gasteiger partial charge on any atom is -0.480 e. The van der Waals surface area contributed by atoms with E-state index in [0.717, 1.165) is 19.3 Å². The molecule has 0 aromatic carbocycles. The van der Waals surface area contributed by atoms with Gasteiger partial charge < -0.3 is 10.4 Å². The number of carboxylic acid groups (broad SMARTS) is 1. The van der Waals surface area contributed by atoms with Crippen molar-refractivity contribution in [2.75, 3.05) is 0 Å². The molecular formula is C10H17NO3. The zero-order valence-corrected chi connectivity index (χ0v) is 8.67. The summed E-state index contributed by atoms with van der Waals surface area (Å²) in [5, 5.41) is 11.6. The molecule has 0 spiro atoms. The van der Waals surface area contributed by atoms with Crippen LogP contribution in [0.1, 0.15) is 39.5 Å². The number of carbonyl (C=O) groups is 2. The van der Waals surface area contributed by atoms with Crippen molar-refractivity contribution < 1.29 is 14.7 Å². The summed E-state index contributed by atoms with van der Waals surface area (Å²) in [6, 6.07) is -0.694. The van der Waals surface area contributed by atoms with Gasteiger partial charge in [0, 0.05) is 11.8 Å². The SMILES string of the molecule is CCCC1(CC)CC(=O)NC1C(=O)O. The molecule has 0 aromatic heterocycles. The molecule has 4 heteroatoms. The van der Waals surface area contributed by atoms with Crippen LogP contribution in [-0.4, -0.2) is 23.0 Å². The van der Waals surface area contributed by atoms with Gasteiger partial charge in [-0.25, -0.2) is 4.79 Å². The maximum atomic E-state index is 11.2. The third kappa shape index (κ3) is 1.74. The zero-order chi connectivity index (χ0) is 10.8. The van der Waals surface area contributed by atoms with Crippen molar-refractivity contribution in [1.29, 1.82) is 0 Å². The Bertz CT molecular complexity index is 252. The van der Waals surface area contributed by atoms with Crippen LogP contribution in [0, 0.1) is 5.41 Å². The highest BCUT2D eigenvalue weighted by atomic mass is 16.4. The van der Waals surface area contributed by atoms with E-state index in [9.17, 15) is 9.59 Å². The lowest BCUT2D eigenvalue weighted by Gasteiger charge is -2.30. The highest BCUT2D eigenvalue weighted by Crippen LogP contribution is 2.40. The van der Waals surface area contributed by atoms with Crippen molar-refractivity contribution in [3.63, 3.8) is 0 Å². The number of rotatable bonds is 4. The number of amides is 1. The lowest BCUT2D eigenvalue weighted by Crippen LogP contribution is -2.43. The first kappa shape index (κ1) is 11.0. The summed E-state index contributed by atoms with van der Waals surface area (Å²) < 4.78 is 0. The summed E-state index contributed by atoms with van der Waals surface area (Å²) in [5.74, 6) is -1.04. The quantitative estimate of drug-likeness (QED) is 0.714. The van der Waals surface area contributed by atoms with E-state index >= 15 is 0 Å². The smallest absolute Gasteiger partial charge is 0.326 e. The fourth-order valence-corrected chi connectivity index (χ4v) is 2.35. The molecule has 1 fully saturated rings. The molecule has 2 unspecified atom stereocenters. The maximum Gasteiger partial charge on any atom is 0.326 e. The standard InChI is InChI=1S/C10H17NO3/c1-3-5-10(4-2)6-7(12)11-8(10)9(13)14/h8H,3-6H2,1-2H3,(H,11,12)(H,13,14). The van der Waals surface area contributed by atoms with Gasteiger partial charge in [0.1, 0.15) is 6.04 Å². The van der Waals surface area contributed by atoms with Crippen LogP contribution in [0.5, 0.6) is 0 Å². The van der Waals surface area contributed by atoms with Gasteiger partial charge in [-0.15, -0.1) is 0 Å². The van der Waals surface area contributed by atoms with Crippen LogP contribution in [0.25, 0.3) is 0 Å². The number of carboxylic acids is 1. The van der Waals surface area contributed by atoms with E-state index in [2.05, 4.69) is 5.32 Å². The second kappa shape index (κ2) is 3.98. The molecule has 0 aliphatic carbocycles. The van der Waals surface area contributed by atoms with Gasteiger partial charge in [-0.2, -0.15) is 0 Å². The first-order chi connectivity index (χ1) is 6.55. The van der Waals surface area contributed by atoms with Crippen molar-refractivity contribution in [1.82, 2.24) is 5.32 Å². The second-order valence-electron chi connectivity index (χ2n) is 3.98. The van der Waals surface area contributed by atoms with Gasteiger partial charge in [0.05, 0.1) is 0 Å². The van der Waals surface area contributed by atoms with Crippen LogP contribution in [0.2, 0.25) is 0 Å². The Morgan fingerprint density at radius 3 is 2.71 bits per heavy atom. The Labute approximate surface area is 83.7 Å². The van der Waals surface area contributed by atoms with E-state index in [1.165, 1.54) is 0 Å². The molecule has 80 valence electrons. The third-order valence-electron chi connectivity index (χ3n) is 3.13. The van der Waals surface area contributed by atoms with E-state index in [0.29, 0.717) is 6.42 Å². The van der Waals surface area contributed by atoms with Crippen molar-refractivity contribution in [2.24, 2.45) is 5.41 Å². The number of aliphatic carboxylic acids is 1. The van der Waals surface area contributed by atoms with Crippen molar-refractivity contribution in [3.8, 4) is 0 Å². The first-order valence-corrected chi connectivity index (χ1v) is 5.08. The summed E-state index contributed by atoms with van der Waals surface area (Å²) in [7, 11) is 0. The topological polar surface area (TPSA) is 66.4 Å². The normalized spacial score (nSPS) is 31.6. The molecule has 1 amide bonds. The number of carbonyl (C=O) groups excluding carboxylic acids is 1. The highest BCUT2D eigenvalue weighted by Gasteiger charge is 2.48. The molecule has 2 N–H and O–H groups in total. The van der Waals surface area contributed by atoms with Crippen LogP contribution >= 0.6 is 0 Å². The van der Waals surface area contributed by atoms with Crippen molar-refractivity contribution >= 4 is 11.9 Å². The Kier molecular flexibility index (Phi) is 3.13. The Morgan fingerprint density at radius 1 is 1.64 bits per heavy atom. The molecule has 1 heterocycles. The van der Waals surface area contributed by atoms with Crippen LogP contribution in [0.4, 0.5) is 0 Å². The molecule has 1 rings (SSSR count). The molecule has 1 saturated heterocycles. The summed E-state index contributed by atoms with van der Waals surface area (Å²) in [6.07, 6.45) is 2.79. The summed E-state index contributed by atoms with van der Waals surface area (Å²) in [4.78, 5) is 22.2. The minimum absolute atomic E-state index is 0.132. The minimum atomic E-state index is -0.911. The van der Waals surface area contributed by atoms with Gasteiger partial charge in [0.15, 0.2) is 0 Å². The molecule has 1 aliphatic rings. The van der Waals surface area contributed by atoms with Crippen molar-refractivity contribution in [3.05, 3.63) is 0 Å². The Hall–Kier alpha value is -1.06. The van der Waals surface area contributed by atoms with Gasteiger partial charge >= 0.3 is 5.97 Å². The summed E-state index contributed by atoms with van der Waals surface area (Å²) in [6.45, 7) is 3.96. The second-order valence-corrected chi connectivity index (χ2v) is 3.98. The highest BCUT2D eigenvalue weighted by molar-refractivity contribution is 5.89.